The minimum absolute atomic E-state index is 0.0120. The molecule has 1 aliphatic rings. The fourth-order valence-electron chi connectivity index (χ4n) is 3.32. The lowest BCUT2D eigenvalue weighted by Crippen LogP contribution is -2.51. The average Bonchev–Trinajstić information content (AvgIpc) is 2.72. The molecule has 7 heteroatoms. The molecule has 2 aromatic carbocycles. The van der Waals surface area contributed by atoms with Crippen LogP contribution in [0.1, 0.15) is 11.1 Å². The summed E-state index contributed by atoms with van der Waals surface area (Å²) in [6, 6.07) is 13.7. The van der Waals surface area contributed by atoms with E-state index in [-0.39, 0.29) is 24.7 Å². The number of nitrogens with one attached hydrogen (secondary N) is 1. The Bertz CT molecular complexity index is 890. The average molecular weight is 397 g/mol. The molecule has 152 valence electrons. The summed E-state index contributed by atoms with van der Waals surface area (Å²) in [5, 5.41) is 2.43. The van der Waals surface area contributed by atoms with Crippen LogP contribution in [-0.4, -0.2) is 55.2 Å². The first-order chi connectivity index (χ1) is 13.9. The monoisotopic (exact) mass is 397 g/mol. The van der Waals surface area contributed by atoms with Gasteiger partial charge in [-0.15, -0.1) is 0 Å². The number of Topliss-reactive ketones (excluding diaryl/α,β-unsaturated/α-hetero) is 1. The summed E-state index contributed by atoms with van der Waals surface area (Å²) in [6.07, 6.45) is 0.0120. The number of hydrogen-bond acceptors (Lipinski definition) is 4. The van der Waals surface area contributed by atoms with Gasteiger partial charge in [0.05, 0.1) is 6.54 Å². The molecule has 0 bridgehead atoms. The molecule has 0 aromatic heterocycles. The molecular formula is C22H24FN3O3. The van der Waals surface area contributed by atoms with Crippen molar-refractivity contribution in [1.82, 2.24) is 10.2 Å². The highest BCUT2D eigenvalue weighted by Crippen LogP contribution is 2.16. The summed E-state index contributed by atoms with van der Waals surface area (Å²) in [4.78, 5) is 40.2. The summed E-state index contributed by atoms with van der Waals surface area (Å²) in [5.41, 5.74) is 2.70. The maximum absolute atomic E-state index is 13.0. The lowest BCUT2D eigenvalue weighted by atomic mass is 10.1. The van der Waals surface area contributed by atoms with Gasteiger partial charge in [-0.05, 0) is 36.8 Å². The number of rotatable bonds is 6. The Morgan fingerprint density at radius 1 is 1.00 bits per heavy atom. The van der Waals surface area contributed by atoms with Gasteiger partial charge in [0.25, 0.3) is 5.91 Å². The van der Waals surface area contributed by atoms with Crippen molar-refractivity contribution in [1.29, 1.82) is 0 Å². The molecule has 0 radical (unpaired) electrons. The van der Waals surface area contributed by atoms with Gasteiger partial charge in [0.1, 0.15) is 5.82 Å². The van der Waals surface area contributed by atoms with Crippen molar-refractivity contribution in [2.45, 2.75) is 13.3 Å². The lowest BCUT2D eigenvalue weighted by molar-refractivity contribution is -0.139. The quantitative estimate of drug-likeness (QED) is 0.754. The number of hydrogen-bond donors (Lipinski definition) is 1. The number of anilines is 1. The maximum Gasteiger partial charge on any atom is 0.288 e. The Hall–Kier alpha value is -3.22. The standard InChI is InChI=1S/C22H24FN3O3/c1-16-3-2-4-17(13-16)14-20(27)22(29)24-15-21(28)26-11-9-25(10-12-26)19-7-5-18(23)6-8-19/h2-8,13H,9-12,14-15H2,1H3,(H,24,29). The zero-order valence-corrected chi connectivity index (χ0v) is 16.4. The third-order valence-corrected chi connectivity index (χ3v) is 4.92. The number of ketones is 1. The summed E-state index contributed by atoms with van der Waals surface area (Å²) in [7, 11) is 0. The highest BCUT2D eigenvalue weighted by Gasteiger charge is 2.22. The van der Waals surface area contributed by atoms with Crippen molar-refractivity contribution in [3.05, 3.63) is 65.5 Å². The van der Waals surface area contributed by atoms with E-state index in [1.54, 1.807) is 23.1 Å². The largest absolute Gasteiger partial charge is 0.368 e. The number of aryl methyl sites for hydroxylation is 1. The molecule has 0 atom stereocenters. The number of benzene rings is 2. The van der Waals surface area contributed by atoms with Gasteiger partial charge in [-0.2, -0.15) is 0 Å². The number of piperazine rings is 1. The molecule has 0 unspecified atom stereocenters. The minimum atomic E-state index is -0.746. The van der Waals surface area contributed by atoms with Gasteiger partial charge in [-0.3, -0.25) is 14.4 Å². The van der Waals surface area contributed by atoms with Crippen LogP contribution in [0, 0.1) is 12.7 Å². The first kappa shape index (κ1) is 20.5. The van der Waals surface area contributed by atoms with Crippen LogP contribution in [0.2, 0.25) is 0 Å². The first-order valence-corrected chi connectivity index (χ1v) is 9.57. The first-order valence-electron chi connectivity index (χ1n) is 9.57. The zero-order chi connectivity index (χ0) is 20.8. The van der Waals surface area contributed by atoms with E-state index in [4.69, 9.17) is 0 Å². The lowest BCUT2D eigenvalue weighted by Gasteiger charge is -2.36. The normalized spacial score (nSPS) is 13.9. The van der Waals surface area contributed by atoms with Crippen LogP contribution in [0.3, 0.4) is 0 Å². The molecule has 0 aliphatic carbocycles. The van der Waals surface area contributed by atoms with Gasteiger partial charge in [-0.1, -0.05) is 29.8 Å². The molecule has 29 heavy (non-hydrogen) atoms. The number of amides is 2. The van der Waals surface area contributed by atoms with Crippen LogP contribution in [0.15, 0.2) is 48.5 Å². The summed E-state index contributed by atoms with van der Waals surface area (Å²) in [6.45, 7) is 3.97. The Labute approximate surface area is 169 Å². The van der Waals surface area contributed by atoms with Crippen LogP contribution in [-0.2, 0) is 20.8 Å². The summed E-state index contributed by atoms with van der Waals surface area (Å²) < 4.78 is 13.0. The molecule has 1 saturated heterocycles. The highest BCUT2D eigenvalue weighted by molar-refractivity contribution is 6.36. The molecule has 1 N–H and O–H groups in total. The predicted octanol–water partition coefficient (Wildman–Crippen LogP) is 1.71. The Morgan fingerprint density at radius 2 is 1.69 bits per heavy atom. The minimum Gasteiger partial charge on any atom is -0.368 e. The summed E-state index contributed by atoms with van der Waals surface area (Å²) >= 11 is 0. The van der Waals surface area contributed by atoms with Gasteiger partial charge < -0.3 is 15.1 Å². The van der Waals surface area contributed by atoms with E-state index < -0.39 is 11.7 Å². The number of carbonyl (C=O) groups excluding carboxylic acids is 3. The fraction of sp³-hybridized carbons (Fsp3) is 0.318. The molecule has 1 aliphatic heterocycles. The third kappa shape index (κ3) is 5.63. The molecule has 2 amide bonds. The van der Waals surface area contributed by atoms with Crippen LogP contribution in [0.5, 0.6) is 0 Å². The van der Waals surface area contributed by atoms with E-state index in [1.165, 1.54) is 12.1 Å². The van der Waals surface area contributed by atoms with Crippen LogP contribution in [0.4, 0.5) is 10.1 Å². The molecule has 1 fully saturated rings. The highest BCUT2D eigenvalue weighted by atomic mass is 19.1. The van der Waals surface area contributed by atoms with Crippen LogP contribution >= 0.6 is 0 Å². The van der Waals surface area contributed by atoms with Crippen molar-refractivity contribution >= 4 is 23.3 Å². The Morgan fingerprint density at radius 3 is 2.34 bits per heavy atom. The van der Waals surface area contributed by atoms with Crippen molar-refractivity contribution in [3.8, 4) is 0 Å². The van der Waals surface area contributed by atoms with E-state index in [1.807, 2.05) is 25.1 Å². The smallest absolute Gasteiger partial charge is 0.288 e. The molecule has 2 aromatic rings. The number of nitrogens with zero attached hydrogens (tertiary/aromatic N) is 2. The van der Waals surface area contributed by atoms with Gasteiger partial charge in [0.15, 0.2) is 0 Å². The van der Waals surface area contributed by atoms with Crippen LogP contribution < -0.4 is 10.2 Å². The number of halogens is 1. The molecule has 0 saturated carbocycles. The second kappa shape index (κ2) is 9.32. The zero-order valence-electron chi connectivity index (χ0n) is 16.4. The molecule has 6 nitrogen and oxygen atoms in total. The summed E-state index contributed by atoms with van der Waals surface area (Å²) in [5.74, 6) is -1.81. The van der Waals surface area contributed by atoms with E-state index in [0.717, 1.165) is 16.8 Å². The third-order valence-electron chi connectivity index (χ3n) is 4.92. The fourth-order valence-corrected chi connectivity index (χ4v) is 3.32. The predicted molar refractivity (Wildman–Crippen MR) is 108 cm³/mol. The second-order valence-electron chi connectivity index (χ2n) is 7.12. The van der Waals surface area contributed by atoms with Gasteiger partial charge in [0, 0.05) is 38.3 Å². The molecule has 3 rings (SSSR count). The topological polar surface area (TPSA) is 69.7 Å². The van der Waals surface area contributed by atoms with Crippen molar-refractivity contribution in [3.63, 3.8) is 0 Å². The van der Waals surface area contributed by atoms with E-state index in [9.17, 15) is 18.8 Å². The Kier molecular flexibility index (Phi) is 6.59. The van der Waals surface area contributed by atoms with Gasteiger partial charge >= 0.3 is 0 Å². The SMILES string of the molecule is Cc1cccc(CC(=O)C(=O)NCC(=O)N2CCN(c3ccc(F)cc3)CC2)c1. The number of carbonyl (C=O) groups is 3. The second-order valence-corrected chi connectivity index (χ2v) is 7.12. The van der Waals surface area contributed by atoms with Gasteiger partial charge in [0.2, 0.25) is 11.7 Å². The van der Waals surface area contributed by atoms with Crippen LogP contribution in [0.25, 0.3) is 0 Å². The Balaban J connectivity index is 1.43. The van der Waals surface area contributed by atoms with Crippen molar-refractivity contribution < 1.29 is 18.8 Å². The van der Waals surface area contributed by atoms with Gasteiger partial charge in [-0.25, -0.2) is 4.39 Å². The van der Waals surface area contributed by atoms with Crippen molar-refractivity contribution in [2.24, 2.45) is 0 Å². The molecule has 0 spiro atoms. The van der Waals surface area contributed by atoms with E-state index >= 15 is 0 Å². The van der Waals surface area contributed by atoms with Crippen molar-refractivity contribution in [2.75, 3.05) is 37.6 Å². The van der Waals surface area contributed by atoms with E-state index in [2.05, 4.69) is 10.2 Å². The maximum atomic E-state index is 13.0. The van der Waals surface area contributed by atoms with E-state index in [0.29, 0.717) is 26.2 Å². The molecular weight excluding hydrogens is 373 g/mol. The molecule has 1 heterocycles.